The Hall–Kier alpha value is -1.22. The number of nitrogens with one attached hydrogen (secondary N) is 1. The lowest BCUT2D eigenvalue weighted by atomic mass is 9.71. The molecule has 1 saturated carbocycles. The zero-order valence-corrected chi connectivity index (χ0v) is 12.6. The highest BCUT2D eigenvalue weighted by Gasteiger charge is 2.42. The average Bonchev–Trinajstić information content (AvgIpc) is 2.55. The van der Waals surface area contributed by atoms with Crippen molar-refractivity contribution in [1.29, 1.82) is 0 Å². The van der Waals surface area contributed by atoms with E-state index in [0.717, 1.165) is 18.1 Å². The highest BCUT2D eigenvalue weighted by Crippen LogP contribution is 2.48. The van der Waals surface area contributed by atoms with E-state index >= 15 is 0 Å². The number of anilines is 1. The van der Waals surface area contributed by atoms with Gasteiger partial charge in [0.15, 0.2) is 0 Å². The Morgan fingerprint density at radius 3 is 2.76 bits per heavy atom. The van der Waals surface area contributed by atoms with Crippen LogP contribution in [-0.4, -0.2) is 17.8 Å². The van der Waals surface area contributed by atoms with E-state index in [9.17, 15) is 5.11 Å². The van der Waals surface area contributed by atoms with E-state index in [1.165, 1.54) is 50.6 Å². The zero-order chi connectivity index (χ0) is 14.2. The molecule has 2 aliphatic heterocycles. The Kier molecular flexibility index (Phi) is 3.54. The molecule has 0 spiro atoms. The first-order valence-electron chi connectivity index (χ1n) is 8.54. The smallest absolute Gasteiger partial charge is 0.116 e. The van der Waals surface area contributed by atoms with Gasteiger partial charge >= 0.3 is 0 Å². The molecule has 2 fully saturated rings. The van der Waals surface area contributed by atoms with E-state index in [0.29, 0.717) is 17.7 Å². The molecule has 1 aromatic rings. The second-order valence-corrected chi connectivity index (χ2v) is 6.94. The maximum atomic E-state index is 9.81. The quantitative estimate of drug-likeness (QED) is 0.759. The van der Waals surface area contributed by atoms with Gasteiger partial charge in [-0.2, -0.15) is 0 Å². The number of fused-ring (bicyclic) bond motifs is 3. The normalized spacial score (nSPS) is 32.9. The van der Waals surface area contributed by atoms with Gasteiger partial charge in [-0.05, 0) is 49.8 Å². The fourth-order valence-electron chi connectivity index (χ4n) is 4.66. The molecule has 4 rings (SSSR count). The number of hydrogen-bond donors (Lipinski definition) is 2. The summed E-state index contributed by atoms with van der Waals surface area (Å²) in [5.74, 6) is 1.70. The number of phenolic OH excluding ortho intramolecular Hbond substituents is 1. The van der Waals surface area contributed by atoms with Crippen LogP contribution in [0.2, 0.25) is 0 Å². The van der Waals surface area contributed by atoms with E-state index in [4.69, 9.17) is 4.74 Å². The largest absolute Gasteiger partial charge is 0.508 e. The van der Waals surface area contributed by atoms with Crippen LogP contribution in [0.3, 0.4) is 0 Å². The Labute approximate surface area is 126 Å². The summed E-state index contributed by atoms with van der Waals surface area (Å²) in [7, 11) is 0. The third-order valence-corrected chi connectivity index (χ3v) is 5.65. The van der Waals surface area contributed by atoms with Gasteiger partial charge in [0.2, 0.25) is 0 Å². The molecular weight excluding hydrogens is 262 g/mol. The predicted molar refractivity (Wildman–Crippen MR) is 83.5 cm³/mol. The molecule has 3 heteroatoms. The monoisotopic (exact) mass is 287 g/mol. The summed E-state index contributed by atoms with van der Waals surface area (Å²) in [5, 5.41) is 13.6. The first kappa shape index (κ1) is 13.4. The number of aromatic hydroxyl groups is 1. The van der Waals surface area contributed by atoms with Gasteiger partial charge in [0.25, 0.3) is 0 Å². The summed E-state index contributed by atoms with van der Waals surface area (Å²) >= 11 is 0. The summed E-state index contributed by atoms with van der Waals surface area (Å²) in [6.07, 6.45) is 9.45. The van der Waals surface area contributed by atoms with Gasteiger partial charge in [0.05, 0.1) is 6.10 Å². The SMILES string of the molecule is Oc1ccc2c(c1)[C@H]1OCCC[C@H]1[C@@H](C1CCCCC1)N2. The van der Waals surface area contributed by atoms with Crippen LogP contribution in [0.1, 0.15) is 56.6 Å². The van der Waals surface area contributed by atoms with Gasteiger partial charge in [-0.1, -0.05) is 19.3 Å². The van der Waals surface area contributed by atoms with Gasteiger partial charge in [0.1, 0.15) is 5.75 Å². The first-order valence-corrected chi connectivity index (χ1v) is 8.54. The van der Waals surface area contributed by atoms with Gasteiger partial charge in [-0.25, -0.2) is 0 Å². The standard InChI is InChI=1S/C18H25NO2/c20-13-8-9-16-15(11-13)18-14(7-4-10-21-18)17(19-16)12-5-2-1-3-6-12/h8-9,11-12,14,17-20H,1-7,10H2/t14-,17+,18-/m0/s1. The molecule has 114 valence electrons. The fourth-order valence-corrected chi connectivity index (χ4v) is 4.66. The molecule has 2 heterocycles. The van der Waals surface area contributed by atoms with Crippen molar-refractivity contribution >= 4 is 5.69 Å². The van der Waals surface area contributed by atoms with Crippen molar-refractivity contribution in [3.05, 3.63) is 23.8 Å². The second kappa shape index (κ2) is 5.53. The molecule has 2 N–H and O–H groups in total. The minimum atomic E-state index is 0.175. The summed E-state index contributed by atoms with van der Waals surface area (Å²) in [6.45, 7) is 0.855. The Morgan fingerprint density at radius 2 is 1.90 bits per heavy atom. The highest BCUT2D eigenvalue weighted by molar-refractivity contribution is 5.58. The molecule has 3 aliphatic rings. The van der Waals surface area contributed by atoms with Crippen LogP contribution in [0, 0.1) is 11.8 Å². The molecule has 0 aromatic heterocycles. The third kappa shape index (κ3) is 2.42. The molecule has 1 aromatic carbocycles. The van der Waals surface area contributed by atoms with E-state index < -0.39 is 0 Å². The van der Waals surface area contributed by atoms with Crippen LogP contribution in [0.25, 0.3) is 0 Å². The molecular formula is C18H25NO2. The predicted octanol–water partition coefficient (Wildman–Crippen LogP) is 4.23. The van der Waals surface area contributed by atoms with Gasteiger partial charge in [0, 0.05) is 29.8 Å². The van der Waals surface area contributed by atoms with Crippen molar-refractivity contribution in [2.45, 2.75) is 57.1 Å². The molecule has 0 unspecified atom stereocenters. The van der Waals surface area contributed by atoms with Crippen LogP contribution in [0.5, 0.6) is 5.75 Å². The topological polar surface area (TPSA) is 41.5 Å². The first-order chi connectivity index (χ1) is 10.3. The summed E-state index contributed by atoms with van der Waals surface area (Å²) in [6, 6.07) is 6.25. The van der Waals surface area contributed by atoms with Crippen molar-refractivity contribution in [2.24, 2.45) is 11.8 Å². The van der Waals surface area contributed by atoms with Crippen molar-refractivity contribution in [2.75, 3.05) is 11.9 Å². The number of rotatable bonds is 1. The van der Waals surface area contributed by atoms with Crippen LogP contribution < -0.4 is 5.32 Å². The third-order valence-electron chi connectivity index (χ3n) is 5.65. The Balaban J connectivity index is 1.68. The summed E-state index contributed by atoms with van der Waals surface area (Å²) < 4.78 is 6.13. The minimum absolute atomic E-state index is 0.175. The molecule has 21 heavy (non-hydrogen) atoms. The fraction of sp³-hybridized carbons (Fsp3) is 0.667. The van der Waals surface area contributed by atoms with E-state index in [-0.39, 0.29) is 6.10 Å². The molecule has 1 saturated heterocycles. The highest BCUT2D eigenvalue weighted by atomic mass is 16.5. The second-order valence-electron chi connectivity index (χ2n) is 6.94. The lowest BCUT2D eigenvalue weighted by Crippen LogP contribution is -2.46. The Morgan fingerprint density at radius 1 is 1.05 bits per heavy atom. The van der Waals surface area contributed by atoms with Crippen LogP contribution in [0.15, 0.2) is 18.2 Å². The number of hydrogen-bond acceptors (Lipinski definition) is 3. The molecule has 3 nitrogen and oxygen atoms in total. The van der Waals surface area contributed by atoms with E-state index in [2.05, 4.69) is 5.32 Å². The van der Waals surface area contributed by atoms with Crippen LogP contribution in [-0.2, 0) is 4.74 Å². The summed E-state index contributed by atoms with van der Waals surface area (Å²) in [5.41, 5.74) is 2.33. The molecule has 3 atom stereocenters. The van der Waals surface area contributed by atoms with Crippen molar-refractivity contribution in [3.8, 4) is 5.75 Å². The Bertz CT molecular complexity index is 510. The molecule has 0 radical (unpaired) electrons. The number of benzene rings is 1. The van der Waals surface area contributed by atoms with Gasteiger partial charge in [-0.3, -0.25) is 0 Å². The minimum Gasteiger partial charge on any atom is -0.508 e. The zero-order valence-electron chi connectivity index (χ0n) is 12.6. The maximum absolute atomic E-state index is 9.81. The lowest BCUT2D eigenvalue weighted by molar-refractivity contribution is -0.0458. The van der Waals surface area contributed by atoms with Gasteiger partial charge in [-0.15, -0.1) is 0 Å². The van der Waals surface area contributed by atoms with E-state index in [1.54, 1.807) is 6.07 Å². The molecule has 0 amide bonds. The maximum Gasteiger partial charge on any atom is 0.116 e. The summed E-state index contributed by atoms with van der Waals surface area (Å²) in [4.78, 5) is 0. The van der Waals surface area contributed by atoms with Crippen LogP contribution >= 0.6 is 0 Å². The molecule has 1 aliphatic carbocycles. The van der Waals surface area contributed by atoms with Crippen molar-refractivity contribution in [3.63, 3.8) is 0 Å². The van der Waals surface area contributed by atoms with Crippen molar-refractivity contribution in [1.82, 2.24) is 0 Å². The van der Waals surface area contributed by atoms with Crippen LogP contribution in [0.4, 0.5) is 5.69 Å². The average molecular weight is 287 g/mol. The lowest BCUT2D eigenvalue weighted by Gasteiger charge is -2.47. The number of phenols is 1. The molecule has 0 bridgehead atoms. The van der Waals surface area contributed by atoms with Gasteiger partial charge < -0.3 is 15.2 Å². The van der Waals surface area contributed by atoms with Crippen molar-refractivity contribution < 1.29 is 9.84 Å². The number of ether oxygens (including phenoxy) is 1. The van der Waals surface area contributed by atoms with E-state index in [1.807, 2.05) is 12.1 Å².